The number of carbonyl (C=O) groups excluding carboxylic acids is 1. The number of nitrogens with zero attached hydrogens (tertiary/aromatic N) is 4. The Morgan fingerprint density at radius 2 is 1.93 bits per heavy atom. The summed E-state index contributed by atoms with van der Waals surface area (Å²) in [4.78, 5) is 12.6. The van der Waals surface area contributed by atoms with Gasteiger partial charge in [0.25, 0.3) is 0 Å². The van der Waals surface area contributed by atoms with Crippen LogP contribution >= 0.6 is 11.8 Å². The zero-order chi connectivity index (χ0) is 19.9. The summed E-state index contributed by atoms with van der Waals surface area (Å²) < 4.78 is 1.67. The minimum absolute atomic E-state index is 0.00986. The van der Waals surface area contributed by atoms with Crippen molar-refractivity contribution in [3.05, 3.63) is 65.7 Å². The first kappa shape index (κ1) is 20.1. The van der Waals surface area contributed by atoms with E-state index in [1.165, 1.54) is 17.3 Å². The molecule has 1 heterocycles. The van der Waals surface area contributed by atoms with Crippen molar-refractivity contribution in [2.24, 2.45) is 0 Å². The van der Waals surface area contributed by atoms with Crippen molar-refractivity contribution in [3.8, 4) is 5.69 Å². The highest BCUT2D eigenvalue weighted by Crippen LogP contribution is 2.23. The lowest BCUT2D eigenvalue weighted by molar-refractivity contribution is -0.120. The third kappa shape index (κ3) is 5.42. The van der Waals surface area contributed by atoms with E-state index in [4.69, 9.17) is 0 Å². The largest absolute Gasteiger partial charge is 0.353 e. The fourth-order valence-electron chi connectivity index (χ4n) is 2.85. The second kappa shape index (κ2) is 9.50. The van der Waals surface area contributed by atoms with E-state index in [0.29, 0.717) is 5.16 Å². The maximum atomic E-state index is 12.6. The molecule has 0 bridgehead atoms. The minimum atomic E-state index is -0.297. The van der Waals surface area contributed by atoms with Crippen LogP contribution in [0.4, 0.5) is 0 Å². The number of aryl methyl sites for hydroxylation is 2. The zero-order valence-corrected chi connectivity index (χ0v) is 17.2. The fourth-order valence-corrected chi connectivity index (χ4v) is 3.66. The van der Waals surface area contributed by atoms with Crippen molar-refractivity contribution in [3.63, 3.8) is 0 Å². The lowest BCUT2D eigenvalue weighted by Gasteiger charge is -2.17. The fraction of sp³-hybridized carbons (Fsp3) is 0.333. The molecular weight excluding hydrogens is 370 g/mol. The number of amides is 1. The van der Waals surface area contributed by atoms with Gasteiger partial charge >= 0.3 is 0 Å². The van der Waals surface area contributed by atoms with E-state index < -0.39 is 0 Å². The molecule has 0 radical (unpaired) electrons. The highest BCUT2D eigenvalue weighted by molar-refractivity contribution is 8.00. The van der Waals surface area contributed by atoms with Crippen LogP contribution in [0.1, 0.15) is 31.4 Å². The molecule has 3 aromatic rings. The van der Waals surface area contributed by atoms with Crippen molar-refractivity contribution < 1.29 is 4.79 Å². The third-order valence-corrected chi connectivity index (χ3v) is 5.47. The number of thioether (sulfide) groups is 1. The Morgan fingerprint density at radius 3 is 2.68 bits per heavy atom. The Bertz CT molecular complexity index is 912. The first-order valence-corrected chi connectivity index (χ1v) is 10.3. The van der Waals surface area contributed by atoms with Crippen LogP contribution in [0.15, 0.2) is 59.8 Å². The summed E-state index contributed by atoms with van der Waals surface area (Å²) in [5.41, 5.74) is 3.29. The van der Waals surface area contributed by atoms with Gasteiger partial charge < -0.3 is 5.32 Å². The number of aromatic nitrogens is 4. The highest BCUT2D eigenvalue weighted by Gasteiger charge is 2.20. The highest BCUT2D eigenvalue weighted by atomic mass is 32.2. The van der Waals surface area contributed by atoms with Gasteiger partial charge in [0.1, 0.15) is 0 Å². The predicted molar refractivity (Wildman–Crippen MR) is 112 cm³/mol. The molecule has 1 aromatic heterocycles. The molecule has 1 N–H and O–H groups in total. The van der Waals surface area contributed by atoms with E-state index in [9.17, 15) is 4.79 Å². The molecular formula is C21H25N5OS. The van der Waals surface area contributed by atoms with Gasteiger partial charge in [0.15, 0.2) is 0 Å². The van der Waals surface area contributed by atoms with Crippen LogP contribution < -0.4 is 5.32 Å². The molecule has 0 aliphatic rings. The molecule has 2 aromatic carbocycles. The SMILES string of the molecule is Cc1cccc(-n2nnnc2SC(C)C(=O)NC(C)CCc2ccccc2)c1. The summed E-state index contributed by atoms with van der Waals surface area (Å²) in [5, 5.41) is 15.3. The number of benzene rings is 2. The lowest BCUT2D eigenvalue weighted by atomic mass is 10.1. The Labute approximate surface area is 169 Å². The third-order valence-electron chi connectivity index (χ3n) is 4.44. The number of hydrogen-bond acceptors (Lipinski definition) is 5. The van der Waals surface area contributed by atoms with Crippen LogP contribution in [-0.2, 0) is 11.2 Å². The van der Waals surface area contributed by atoms with E-state index in [-0.39, 0.29) is 17.2 Å². The summed E-state index contributed by atoms with van der Waals surface area (Å²) in [7, 11) is 0. The van der Waals surface area contributed by atoms with Crippen molar-refractivity contribution >= 4 is 17.7 Å². The van der Waals surface area contributed by atoms with E-state index in [1.54, 1.807) is 4.68 Å². The molecule has 0 aliphatic carbocycles. The van der Waals surface area contributed by atoms with Gasteiger partial charge in [-0.25, -0.2) is 0 Å². The first-order valence-electron chi connectivity index (χ1n) is 9.39. The van der Waals surface area contributed by atoms with E-state index in [1.807, 2.05) is 63.2 Å². The molecule has 2 atom stereocenters. The monoisotopic (exact) mass is 395 g/mol. The van der Waals surface area contributed by atoms with Gasteiger partial charge in [-0.3, -0.25) is 4.79 Å². The average Bonchev–Trinajstić information content (AvgIpc) is 3.15. The quantitative estimate of drug-likeness (QED) is 0.590. The average molecular weight is 396 g/mol. The second-order valence-electron chi connectivity index (χ2n) is 6.91. The van der Waals surface area contributed by atoms with Gasteiger partial charge in [0.05, 0.1) is 10.9 Å². The molecule has 0 saturated carbocycles. The topological polar surface area (TPSA) is 72.7 Å². The molecule has 7 heteroatoms. The standard InChI is InChI=1S/C21H25N5OS/c1-15-8-7-11-19(14-15)26-21(23-24-25-26)28-17(3)20(27)22-16(2)12-13-18-9-5-4-6-10-18/h4-11,14,16-17H,12-13H2,1-3H3,(H,22,27). The molecule has 0 spiro atoms. The van der Waals surface area contributed by atoms with Crippen molar-refractivity contribution in [1.82, 2.24) is 25.5 Å². The second-order valence-corrected chi connectivity index (χ2v) is 8.21. The molecule has 0 aliphatic heterocycles. The van der Waals surface area contributed by atoms with Gasteiger partial charge in [0, 0.05) is 6.04 Å². The minimum Gasteiger partial charge on any atom is -0.353 e. The van der Waals surface area contributed by atoms with Crippen molar-refractivity contribution in [1.29, 1.82) is 0 Å². The Morgan fingerprint density at radius 1 is 1.14 bits per heavy atom. The summed E-state index contributed by atoms with van der Waals surface area (Å²) in [6, 6.07) is 18.3. The lowest BCUT2D eigenvalue weighted by Crippen LogP contribution is -2.38. The van der Waals surface area contributed by atoms with Crippen LogP contribution in [0.25, 0.3) is 5.69 Å². The van der Waals surface area contributed by atoms with Gasteiger partial charge in [-0.1, -0.05) is 54.2 Å². The van der Waals surface area contributed by atoms with E-state index in [2.05, 4.69) is 33.0 Å². The van der Waals surface area contributed by atoms with Crippen molar-refractivity contribution in [2.75, 3.05) is 0 Å². The van der Waals surface area contributed by atoms with Gasteiger partial charge in [-0.15, -0.1) is 5.10 Å². The first-order chi connectivity index (χ1) is 13.5. The van der Waals surface area contributed by atoms with Crippen LogP contribution in [0.3, 0.4) is 0 Å². The van der Waals surface area contributed by atoms with Crippen LogP contribution in [0.5, 0.6) is 0 Å². The van der Waals surface area contributed by atoms with E-state index >= 15 is 0 Å². The predicted octanol–water partition coefficient (Wildman–Crippen LogP) is 3.59. The number of carbonyl (C=O) groups is 1. The maximum absolute atomic E-state index is 12.6. The molecule has 3 rings (SSSR count). The van der Waals surface area contributed by atoms with Crippen LogP contribution in [-0.4, -0.2) is 37.4 Å². The van der Waals surface area contributed by atoms with Gasteiger partial charge in [0.2, 0.25) is 11.1 Å². The normalized spacial score (nSPS) is 13.1. The van der Waals surface area contributed by atoms with Crippen molar-refractivity contribution in [2.45, 2.75) is 50.1 Å². The van der Waals surface area contributed by atoms with Crippen LogP contribution in [0.2, 0.25) is 0 Å². The number of nitrogens with one attached hydrogen (secondary N) is 1. The molecule has 0 fully saturated rings. The molecule has 0 saturated heterocycles. The number of hydrogen-bond donors (Lipinski definition) is 1. The Kier molecular flexibility index (Phi) is 6.81. The van der Waals surface area contributed by atoms with Crippen LogP contribution in [0, 0.1) is 6.92 Å². The molecule has 1 amide bonds. The Balaban J connectivity index is 1.55. The smallest absolute Gasteiger partial charge is 0.233 e. The molecule has 146 valence electrons. The summed E-state index contributed by atoms with van der Waals surface area (Å²) in [5.74, 6) is -0.00986. The molecule has 28 heavy (non-hydrogen) atoms. The van der Waals surface area contributed by atoms with E-state index in [0.717, 1.165) is 24.1 Å². The summed E-state index contributed by atoms with van der Waals surface area (Å²) in [6.07, 6.45) is 1.84. The summed E-state index contributed by atoms with van der Waals surface area (Å²) in [6.45, 7) is 5.93. The maximum Gasteiger partial charge on any atom is 0.233 e. The van der Waals surface area contributed by atoms with Gasteiger partial charge in [-0.05, 0) is 67.3 Å². The molecule has 2 unspecified atom stereocenters. The number of tetrazole rings is 1. The Hall–Kier alpha value is -2.67. The number of rotatable bonds is 8. The molecule has 6 nitrogen and oxygen atoms in total. The summed E-state index contributed by atoms with van der Waals surface area (Å²) >= 11 is 1.36. The zero-order valence-electron chi connectivity index (χ0n) is 16.4. The van der Waals surface area contributed by atoms with Gasteiger partial charge in [-0.2, -0.15) is 4.68 Å².